The van der Waals surface area contributed by atoms with Crippen molar-refractivity contribution in [3.8, 4) is 5.69 Å². The number of hydrogen-bond donors (Lipinski definition) is 0. The van der Waals surface area contributed by atoms with Crippen LogP contribution < -0.4 is 0 Å². The molecule has 0 unspecified atom stereocenters. The average molecular weight is 249 g/mol. The SMILES string of the molecule is CCOC(=O)c1sc(C)c(C)c1-n1cccc1. The second-order valence-electron chi connectivity index (χ2n) is 3.77. The average Bonchev–Trinajstić information content (AvgIpc) is 2.89. The summed E-state index contributed by atoms with van der Waals surface area (Å²) < 4.78 is 7.06. The highest BCUT2D eigenvalue weighted by Crippen LogP contribution is 2.31. The minimum atomic E-state index is -0.239. The Kier molecular flexibility index (Phi) is 3.33. The minimum absolute atomic E-state index is 0.239. The Labute approximate surface area is 105 Å². The van der Waals surface area contributed by atoms with Crippen LogP contribution in [-0.2, 0) is 4.74 Å². The summed E-state index contributed by atoms with van der Waals surface area (Å²) in [6.07, 6.45) is 3.88. The number of esters is 1. The highest BCUT2D eigenvalue weighted by molar-refractivity contribution is 7.14. The van der Waals surface area contributed by atoms with Crippen molar-refractivity contribution in [3.63, 3.8) is 0 Å². The number of aromatic nitrogens is 1. The number of nitrogens with zero attached hydrogens (tertiary/aromatic N) is 1. The Morgan fingerprint density at radius 2 is 2.00 bits per heavy atom. The molecule has 0 aliphatic heterocycles. The Morgan fingerprint density at radius 3 is 2.59 bits per heavy atom. The van der Waals surface area contributed by atoms with Gasteiger partial charge < -0.3 is 9.30 Å². The molecule has 0 N–H and O–H groups in total. The lowest BCUT2D eigenvalue weighted by atomic mass is 10.2. The van der Waals surface area contributed by atoms with E-state index < -0.39 is 0 Å². The number of carbonyl (C=O) groups excluding carboxylic acids is 1. The zero-order chi connectivity index (χ0) is 12.4. The first-order valence-corrected chi connectivity index (χ1v) is 6.37. The van der Waals surface area contributed by atoms with Gasteiger partial charge in [0.1, 0.15) is 4.88 Å². The van der Waals surface area contributed by atoms with Crippen molar-refractivity contribution in [2.75, 3.05) is 6.61 Å². The van der Waals surface area contributed by atoms with Crippen molar-refractivity contribution >= 4 is 17.3 Å². The summed E-state index contributed by atoms with van der Waals surface area (Å²) in [5.74, 6) is -0.239. The maximum Gasteiger partial charge on any atom is 0.350 e. The van der Waals surface area contributed by atoms with Crippen LogP contribution in [0.15, 0.2) is 24.5 Å². The van der Waals surface area contributed by atoms with Gasteiger partial charge in [-0.25, -0.2) is 4.79 Å². The molecule has 0 amide bonds. The molecule has 0 aliphatic rings. The van der Waals surface area contributed by atoms with Gasteiger partial charge in [0.2, 0.25) is 0 Å². The van der Waals surface area contributed by atoms with Gasteiger partial charge in [-0.15, -0.1) is 11.3 Å². The molecule has 90 valence electrons. The van der Waals surface area contributed by atoms with Crippen LogP contribution in [0.3, 0.4) is 0 Å². The van der Waals surface area contributed by atoms with E-state index in [4.69, 9.17) is 4.74 Å². The van der Waals surface area contributed by atoms with Crippen LogP contribution in [0.25, 0.3) is 5.69 Å². The van der Waals surface area contributed by atoms with Gasteiger partial charge in [0.05, 0.1) is 12.3 Å². The van der Waals surface area contributed by atoms with Crippen molar-refractivity contribution in [2.45, 2.75) is 20.8 Å². The topological polar surface area (TPSA) is 31.2 Å². The number of aryl methyl sites for hydroxylation is 1. The van der Waals surface area contributed by atoms with E-state index in [0.29, 0.717) is 11.5 Å². The zero-order valence-corrected chi connectivity index (χ0v) is 11.0. The van der Waals surface area contributed by atoms with Crippen molar-refractivity contribution < 1.29 is 9.53 Å². The van der Waals surface area contributed by atoms with E-state index in [9.17, 15) is 4.79 Å². The second-order valence-corrected chi connectivity index (χ2v) is 5.00. The van der Waals surface area contributed by atoms with E-state index in [2.05, 4.69) is 0 Å². The second kappa shape index (κ2) is 4.75. The van der Waals surface area contributed by atoms with Crippen molar-refractivity contribution in [3.05, 3.63) is 39.8 Å². The van der Waals surface area contributed by atoms with Crippen molar-refractivity contribution in [1.82, 2.24) is 4.57 Å². The van der Waals surface area contributed by atoms with Crippen LogP contribution in [0.5, 0.6) is 0 Å². The van der Waals surface area contributed by atoms with E-state index >= 15 is 0 Å². The largest absolute Gasteiger partial charge is 0.462 e. The normalized spacial score (nSPS) is 10.5. The molecule has 2 aromatic heterocycles. The molecule has 0 atom stereocenters. The van der Waals surface area contributed by atoms with Gasteiger partial charge >= 0.3 is 5.97 Å². The van der Waals surface area contributed by atoms with Gasteiger partial charge in [-0.1, -0.05) is 0 Å². The predicted molar refractivity (Wildman–Crippen MR) is 69.1 cm³/mol. The summed E-state index contributed by atoms with van der Waals surface area (Å²) in [5, 5.41) is 0. The smallest absolute Gasteiger partial charge is 0.350 e. The lowest BCUT2D eigenvalue weighted by Gasteiger charge is -2.06. The molecule has 0 saturated heterocycles. The Hall–Kier alpha value is -1.55. The summed E-state index contributed by atoms with van der Waals surface area (Å²) in [4.78, 5) is 13.7. The number of rotatable bonds is 3. The molecule has 0 spiro atoms. The number of ether oxygens (including phenoxy) is 1. The number of carbonyl (C=O) groups is 1. The molecular formula is C13H15NO2S. The third kappa shape index (κ3) is 2.13. The van der Waals surface area contributed by atoms with E-state index in [1.54, 1.807) is 0 Å². The Bertz CT molecular complexity index is 526. The van der Waals surface area contributed by atoms with Gasteiger partial charge in [0.25, 0.3) is 0 Å². The molecule has 0 aromatic carbocycles. The highest BCUT2D eigenvalue weighted by atomic mass is 32.1. The number of thiophene rings is 1. The van der Waals surface area contributed by atoms with Gasteiger partial charge in [0, 0.05) is 17.3 Å². The molecule has 0 aliphatic carbocycles. The first-order chi connectivity index (χ1) is 8.15. The zero-order valence-electron chi connectivity index (χ0n) is 10.2. The third-order valence-electron chi connectivity index (χ3n) is 2.68. The van der Waals surface area contributed by atoms with Gasteiger partial charge in [-0.05, 0) is 38.5 Å². The first kappa shape index (κ1) is 11.9. The standard InChI is InChI=1S/C13H15NO2S/c1-4-16-13(15)12-11(9(2)10(3)17-12)14-7-5-6-8-14/h5-8H,4H2,1-3H3. The maximum absolute atomic E-state index is 11.9. The van der Waals surface area contributed by atoms with Gasteiger partial charge in [-0.3, -0.25) is 0 Å². The Morgan fingerprint density at radius 1 is 1.35 bits per heavy atom. The molecule has 2 rings (SSSR count). The molecule has 2 aromatic rings. The molecule has 2 heterocycles. The molecule has 0 bridgehead atoms. The van der Waals surface area contributed by atoms with Gasteiger partial charge in [-0.2, -0.15) is 0 Å². The number of hydrogen-bond acceptors (Lipinski definition) is 3. The van der Waals surface area contributed by atoms with Gasteiger partial charge in [0.15, 0.2) is 0 Å². The van der Waals surface area contributed by atoms with E-state index in [1.165, 1.54) is 11.3 Å². The van der Waals surface area contributed by atoms with Crippen LogP contribution in [0.4, 0.5) is 0 Å². The van der Waals surface area contributed by atoms with Crippen LogP contribution in [0.1, 0.15) is 27.0 Å². The molecular weight excluding hydrogens is 234 g/mol. The summed E-state index contributed by atoms with van der Waals surface area (Å²) in [6, 6.07) is 3.89. The maximum atomic E-state index is 11.9. The van der Waals surface area contributed by atoms with E-state index in [1.807, 2.05) is 49.9 Å². The van der Waals surface area contributed by atoms with Crippen LogP contribution >= 0.6 is 11.3 Å². The Balaban J connectivity index is 2.53. The molecule has 0 radical (unpaired) electrons. The van der Waals surface area contributed by atoms with Crippen molar-refractivity contribution in [1.29, 1.82) is 0 Å². The predicted octanol–water partition coefficient (Wildman–Crippen LogP) is 3.33. The highest BCUT2D eigenvalue weighted by Gasteiger charge is 2.20. The fourth-order valence-electron chi connectivity index (χ4n) is 1.74. The van der Waals surface area contributed by atoms with Crippen LogP contribution in [-0.4, -0.2) is 17.1 Å². The lowest BCUT2D eigenvalue weighted by molar-refractivity contribution is 0.0532. The van der Waals surface area contributed by atoms with Crippen LogP contribution in [0, 0.1) is 13.8 Å². The lowest BCUT2D eigenvalue weighted by Crippen LogP contribution is -2.06. The minimum Gasteiger partial charge on any atom is -0.462 e. The van der Waals surface area contributed by atoms with E-state index in [-0.39, 0.29) is 5.97 Å². The molecule has 17 heavy (non-hydrogen) atoms. The quantitative estimate of drug-likeness (QED) is 0.781. The summed E-state index contributed by atoms with van der Waals surface area (Å²) in [7, 11) is 0. The molecule has 0 fully saturated rings. The molecule has 0 saturated carbocycles. The van der Waals surface area contributed by atoms with Crippen molar-refractivity contribution in [2.24, 2.45) is 0 Å². The van der Waals surface area contributed by atoms with Crippen LogP contribution in [0.2, 0.25) is 0 Å². The molecule has 4 heteroatoms. The summed E-state index contributed by atoms with van der Waals surface area (Å²) in [6.45, 7) is 6.28. The first-order valence-electron chi connectivity index (χ1n) is 5.55. The summed E-state index contributed by atoms with van der Waals surface area (Å²) >= 11 is 1.49. The fraction of sp³-hybridized carbons (Fsp3) is 0.308. The summed E-state index contributed by atoms with van der Waals surface area (Å²) in [5.41, 5.74) is 2.07. The third-order valence-corrected chi connectivity index (χ3v) is 3.85. The fourth-order valence-corrected chi connectivity index (χ4v) is 2.80. The monoisotopic (exact) mass is 249 g/mol. The molecule has 3 nitrogen and oxygen atoms in total. The van der Waals surface area contributed by atoms with E-state index in [0.717, 1.165) is 16.1 Å².